The molecule has 1 saturated heterocycles. The maximum absolute atomic E-state index is 13.1. The molecule has 0 atom stereocenters. The Hall–Kier alpha value is -2.77. The van der Waals surface area contributed by atoms with Crippen LogP contribution in [0.4, 0.5) is 5.69 Å². The number of ether oxygens (including phenoxy) is 2. The quantitative estimate of drug-likeness (QED) is 0.643. The van der Waals surface area contributed by atoms with Gasteiger partial charge in [-0.15, -0.1) is 0 Å². The Balaban J connectivity index is 1.52. The Kier molecular flexibility index (Phi) is 5.34. The van der Waals surface area contributed by atoms with Crippen molar-refractivity contribution in [2.75, 3.05) is 45.3 Å². The molecule has 1 fully saturated rings. The summed E-state index contributed by atoms with van der Waals surface area (Å²) in [5.41, 5.74) is 0.941. The van der Waals surface area contributed by atoms with Crippen LogP contribution in [0.3, 0.4) is 0 Å². The van der Waals surface area contributed by atoms with Gasteiger partial charge in [0.15, 0.2) is 0 Å². The van der Waals surface area contributed by atoms with E-state index in [9.17, 15) is 8.42 Å². The van der Waals surface area contributed by atoms with Crippen LogP contribution >= 0.6 is 0 Å². The number of fused-ring (bicyclic) bond motifs is 1. The first-order valence-corrected chi connectivity index (χ1v) is 10.9. The standard InChI is InChI=1S/C22H24N2O4S/c1-27-19-8-10-21(22(16-19)28-2)23-11-13-24(14-12-23)29(25,26)20-9-7-17-5-3-4-6-18(17)15-20/h3-10,15-16H,11-14H2,1-2H3. The van der Waals surface area contributed by atoms with E-state index in [0.29, 0.717) is 31.1 Å². The smallest absolute Gasteiger partial charge is 0.243 e. The molecule has 4 rings (SSSR count). The maximum Gasteiger partial charge on any atom is 0.243 e. The van der Waals surface area contributed by atoms with E-state index in [2.05, 4.69) is 4.90 Å². The lowest BCUT2D eigenvalue weighted by Gasteiger charge is -2.36. The number of rotatable bonds is 5. The Morgan fingerprint density at radius 2 is 1.52 bits per heavy atom. The van der Waals surface area contributed by atoms with Crippen molar-refractivity contribution in [2.45, 2.75) is 4.90 Å². The van der Waals surface area contributed by atoms with Crippen LogP contribution in [0, 0.1) is 0 Å². The fraction of sp³-hybridized carbons (Fsp3) is 0.273. The summed E-state index contributed by atoms with van der Waals surface area (Å²) in [6, 6.07) is 18.8. The van der Waals surface area contributed by atoms with E-state index in [-0.39, 0.29) is 0 Å². The molecule has 0 bridgehead atoms. The third kappa shape index (κ3) is 3.75. The molecule has 3 aromatic carbocycles. The van der Waals surface area contributed by atoms with Crippen molar-refractivity contribution in [3.63, 3.8) is 0 Å². The number of piperazine rings is 1. The van der Waals surface area contributed by atoms with E-state index in [1.165, 1.54) is 0 Å². The molecule has 0 aliphatic carbocycles. The molecule has 1 heterocycles. The van der Waals surface area contributed by atoms with Crippen molar-refractivity contribution in [3.05, 3.63) is 60.7 Å². The minimum atomic E-state index is -3.53. The molecular formula is C22H24N2O4S. The predicted octanol–water partition coefficient (Wildman–Crippen LogP) is 3.37. The second-order valence-electron chi connectivity index (χ2n) is 6.94. The highest BCUT2D eigenvalue weighted by Crippen LogP contribution is 2.33. The monoisotopic (exact) mass is 412 g/mol. The normalized spacial score (nSPS) is 15.4. The zero-order valence-corrected chi connectivity index (χ0v) is 17.4. The van der Waals surface area contributed by atoms with Gasteiger partial charge in [-0.1, -0.05) is 30.3 Å². The van der Waals surface area contributed by atoms with Crippen LogP contribution in [0.15, 0.2) is 65.6 Å². The van der Waals surface area contributed by atoms with Gasteiger partial charge in [-0.25, -0.2) is 8.42 Å². The van der Waals surface area contributed by atoms with Crippen LogP contribution in [-0.2, 0) is 10.0 Å². The highest BCUT2D eigenvalue weighted by molar-refractivity contribution is 7.89. The van der Waals surface area contributed by atoms with Crippen molar-refractivity contribution in [2.24, 2.45) is 0 Å². The summed E-state index contributed by atoms with van der Waals surface area (Å²) in [5, 5.41) is 1.96. The van der Waals surface area contributed by atoms with Gasteiger partial charge in [0.25, 0.3) is 0 Å². The number of nitrogens with zero attached hydrogens (tertiary/aromatic N) is 2. The van der Waals surface area contributed by atoms with Crippen molar-refractivity contribution >= 4 is 26.5 Å². The minimum absolute atomic E-state index is 0.340. The molecular weight excluding hydrogens is 388 g/mol. The lowest BCUT2D eigenvalue weighted by atomic mass is 10.1. The van der Waals surface area contributed by atoms with E-state index in [1.54, 1.807) is 30.7 Å². The summed E-state index contributed by atoms with van der Waals surface area (Å²) < 4.78 is 38.6. The third-order valence-corrected chi connectivity index (χ3v) is 7.22. The van der Waals surface area contributed by atoms with Gasteiger partial charge in [-0.2, -0.15) is 4.31 Å². The Bertz CT molecular complexity index is 1120. The van der Waals surface area contributed by atoms with Gasteiger partial charge >= 0.3 is 0 Å². The summed E-state index contributed by atoms with van der Waals surface area (Å²) in [4.78, 5) is 2.48. The van der Waals surface area contributed by atoms with Crippen molar-refractivity contribution < 1.29 is 17.9 Å². The molecule has 0 spiro atoms. The fourth-order valence-corrected chi connectivity index (χ4v) is 5.15. The highest BCUT2D eigenvalue weighted by Gasteiger charge is 2.29. The lowest BCUT2D eigenvalue weighted by molar-refractivity contribution is 0.375. The topological polar surface area (TPSA) is 59.1 Å². The Morgan fingerprint density at radius 1 is 0.793 bits per heavy atom. The van der Waals surface area contributed by atoms with Gasteiger partial charge in [0.2, 0.25) is 10.0 Å². The van der Waals surface area contributed by atoms with E-state index >= 15 is 0 Å². The molecule has 3 aromatic rings. The number of sulfonamides is 1. The van der Waals surface area contributed by atoms with Crippen LogP contribution in [0.25, 0.3) is 10.8 Å². The molecule has 152 valence electrons. The molecule has 1 aliphatic heterocycles. The highest BCUT2D eigenvalue weighted by atomic mass is 32.2. The average molecular weight is 413 g/mol. The number of hydrogen-bond acceptors (Lipinski definition) is 5. The van der Waals surface area contributed by atoms with E-state index in [4.69, 9.17) is 9.47 Å². The molecule has 0 N–H and O–H groups in total. The van der Waals surface area contributed by atoms with E-state index in [1.807, 2.05) is 48.5 Å². The number of anilines is 1. The van der Waals surface area contributed by atoms with Crippen LogP contribution in [0.2, 0.25) is 0 Å². The van der Waals surface area contributed by atoms with Crippen molar-refractivity contribution in [1.29, 1.82) is 0 Å². The summed E-state index contributed by atoms with van der Waals surface area (Å²) in [6.45, 7) is 2.03. The number of benzene rings is 3. The molecule has 1 aliphatic rings. The van der Waals surface area contributed by atoms with Crippen molar-refractivity contribution in [1.82, 2.24) is 4.31 Å². The molecule has 6 nitrogen and oxygen atoms in total. The third-order valence-electron chi connectivity index (χ3n) is 5.32. The molecule has 7 heteroatoms. The minimum Gasteiger partial charge on any atom is -0.497 e. The second kappa shape index (κ2) is 7.93. The molecule has 0 saturated carbocycles. The molecule has 0 aromatic heterocycles. The van der Waals surface area contributed by atoms with Crippen LogP contribution < -0.4 is 14.4 Å². The van der Waals surface area contributed by atoms with Gasteiger partial charge in [0, 0.05) is 32.2 Å². The van der Waals surface area contributed by atoms with E-state index < -0.39 is 10.0 Å². The molecule has 0 amide bonds. The molecule has 0 unspecified atom stereocenters. The van der Waals surface area contributed by atoms with Gasteiger partial charge in [0.05, 0.1) is 24.8 Å². The van der Waals surface area contributed by atoms with Gasteiger partial charge in [0.1, 0.15) is 11.5 Å². The fourth-order valence-electron chi connectivity index (χ4n) is 3.69. The first kappa shape index (κ1) is 19.5. The first-order chi connectivity index (χ1) is 14.0. The zero-order valence-electron chi connectivity index (χ0n) is 16.5. The number of hydrogen-bond donors (Lipinski definition) is 0. The van der Waals surface area contributed by atoms with Gasteiger partial charge in [-0.05, 0) is 35.0 Å². The summed E-state index contributed by atoms with van der Waals surface area (Å²) in [5.74, 6) is 1.44. The lowest BCUT2D eigenvalue weighted by Crippen LogP contribution is -2.48. The average Bonchev–Trinajstić information content (AvgIpc) is 2.78. The first-order valence-electron chi connectivity index (χ1n) is 9.49. The predicted molar refractivity (Wildman–Crippen MR) is 114 cm³/mol. The summed E-state index contributed by atoms with van der Waals surface area (Å²) in [7, 11) is -0.290. The van der Waals surface area contributed by atoms with Crippen LogP contribution in [0.5, 0.6) is 11.5 Å². The van der Waals surface area contributed by atoms with Crippen LogP contribution in [0.1, 0.15) is 0 Å². The summed E-state index contributed by atoms with van der Waals surface area (Å²) in [6.07, 6.45) is 0. The van der Waals surface area contributed by atoms with Crippen molar-refractivity contribution in [3.8, 4) is 11.5 Å². The largest absolute Gasteiger partial charge is 0.497 e. The zero-order chi connectivity index (χ0) is 20.4. The number of methoxy groups -OCH3 is 2. The second-order valence-corrected chi connectivity index (χ2v) is 8.88. The Morgan fingerprint density at radius 3 is 2.21 bits per heavy atom. The summed E-state index contributed by atoms with van der Waals surface area (Å²) >= 11 is 0. The SMILES string of the molecule is COc1ccc(N2CCN(S(=O)(=O)c3ccc4ccccc4c3)CC2)c(OC)c1. The van der Waals surface area contributed by atoms with E-state index in [0.717, 1.165) is 28.0 Å². The maximum atomic E-state index is 13.1. The van der Waals surface area contributed by atoms with Gasteiger partial charge < -0.3 is 14.4 Å². The molecule has 29 heavy (non-hydrogen) atoms. The van der Waals surface area contributed by atoms with Gasteiger partial charge in [-0.3, -0.25) is 0 Å². The van der Waals surface area contributed by atoms with Crippen LogP contribution in [-0.4, -0.2) is 53.1 Å². The molecule has 0 radical (unpaired) electrons. The Labute approximate surface area is 171 Å².